The number of aromatic hydroxyl groups is 1. The van der Waals surface area contributed by atoms with Crippen LogP contribution in [0.25, 0.3) is 0 Å². The predicted molar refractivity (Wildman–Crippen MR) is 63.0 cm³/mol. The molecule has 1 amide bonds. The third-order valence-corrected chi connectivity index (χ3v) is 3.63. The van der Waals surface area contributed by atoms with Crippen LogP contribution in [0.2, 0.25) is 0 Å². The number of amides is 1. The van der Waals surface area contributed by atoms with Crippen LogP contribution in [-0.2, 0) is 4.79 Å². The molecule has 0 aromatic heterocycles. The second kappa shape index (κ2) is 4.85. The smallest absolute Gasteiger partial charge is 0.327 e. The Bertz CT molecular complexity index is 508. The molecule has 2 N–H and O–H groups in total. The van der Waals surface area contributed by atoms with Gasteiger partial charge in [0, 0.05) is 11.8 Å². The first-order valence-electron chi connectivity index (χ1n) is 5.10. The number of thioether (sulfide) groups is 1. The van der Waals surface area contributed by atoms with Gasteiger partial charge in [-0.1, -0.05) is 0 Å². The SMILES string of the molecule is O=C(O)C1CSCN1C(=O)c1ccc(F)cc1O. The highest BCUT2D eigenvalue weighted by molar-refractivity contribution is 7.99. The third kappa shape index (κ3) is 2.26. The van der Waals surface area contributed by atoms with Crippen molar-refractivity contribution in [1.82, 2.24) is 4.90 Å². The van der Waals surface area contributed by atoms with Gasteiger partial charge in [0.05, 0.1) is 11.4 Å². The molecule has 5 nitrogen and oxygen atoms in total. The zero-order chi connectivity index (χ0) is 13.3. The van der Waals surface area contributed by atoms with Gasteiger partial charge >= 0.3 is 5.97 Å². The summed E-state index contributed by atoms with van der Waals surface area (Å²) >= 11 is 1.32. The molecule has 0 aliphatic carbocycles. The average Bonchev–Trinajstić information content (AvgIpc) is 2.77. The van der Waals surface area contributed by atoms with Crippen LogP contribution in [0.5, 0.6) is 5.75 Å². The zero-order valence-electron chi connectivity index (χ0n) is 9.17. The maximum absolute atomic E-state index is 12.8. The molecule has 0 saturated carbocycles. The molecule has 1 unspecified atom stereocenters. The van der Waals surface area contributed by atoms with Crippen molar-refractivity contribution in [3.8, 4) is 5.75 Å². The largest absolute Gasteiger partial charge is 0.507 e. The first kappa shape index (κ1) is 12.7. The van der Waals surface area contributed by atoms with E-state index < -0.39 is 29.5 Å². The molecule has 1 aliphatic rings. The van der Waals surface area contributed by atoms with Gasteiger partial charge in [-0.15, -0.1) is 11.8 Å². The average molecular weight is 271 g/mol. The highest BCUT2D eigenvalue weighted by atomic mass is 32.2. The molecule has 0 bridgehead atoms. The maximum atomic E-state index is 12.8. The van der Waals surface area contributed by atoms with Crippen LogP contribution in [0, 0.1) is 5.82 Å². The quantitative estimate of drug-likeness (QED) is 0.843. The molecule has 0 radical (unpaired) electrons. The summed E-state index contributed by atoms with van der Waals surface area (Å²) in [7, 11) is 0. The van der Waals surface area contributed by atoms with Crippen molar-refractivity contribution in [2.24, 2.45) is 0 Å². The first-order chi connectivity index (χ1) is 8.50. The Hall–Kier alpha value is -1.76. The van der Waals surface area contributed by atoms with Crippen LogP contribution in [0.4, 0.5) is 4.39 Å². The molecule has 1 fully saturated rings. The summed E-state index contributed by atoms with van der Waals surface area (Å²) < 4.78 is 12.8. The highest BCUT2D eigenvalue weighted by Crippen LogP contribution is 2.26. The minimum Gasteiger partial charge on any atom is -0.507 e. The Morgan fingerprint density at radius 3 is 2.78 bits per heavy atom. The number of carbonyl (C=O) groups excluding carboxylic acids is 1. The van der Waals surface area contributed by atoms with Crippen molar-refractivity contribution >= 4 is 23.6 Å². The van der Waals surface area contributed by atoms with E-state index in [1.165, 1.54) is 11.8 Å². The van der Waals surface area contributed by atoms with Gasteiger partial charge in [-0.3, -0.25) is 4.79 Å². The minimum atomic E-state index is -1.09. The summed E-state index contributed by atoms with van der Waals surface area (Å²) in [6.45, 7) is 0. The molecular weight excluding hydrogens is 261 g/mol. The van der Waals surface area contributed by atoms with Crippen LogP contribution in [0.3, 0.4) is 0 Å². The van der Waals surface area contributed by atoms with Crippen molar-refractivity contribution in [3.63, 3.8) is 0 Å². The number of phenolic OH excluding ortho intramolecular Hbond substituents is 1. The number of phenols is 1. The lowest BCUT2D eigenvalue weighted by Crippen LogP contribution is -2.41. The fraction of sp³-hybridized carbons (Fsp3) is 0.273. The van der Waals surface area contributed by atoms with E-state index >= 15 is 0 Å². The predicted octanol–water partition coefficient (Wildman–Crippen LogP) is 1.13. The summed E-state index contributed by atoms with van der Waals surface area (Å²) in [4.78, 5) is 24.2. The molecule has 2 rings (SSSR count). The van der Waals surface area contributed by atoms with E-state index in [4.69, 9.17) is 5.11 Å². The third-order valence-electron chi connectivity index (χ3n) is 2.62. The Morgan fingerprint density at radius 1 is 1.44 bits per heavy atom. The lowest BCUT2D eigenvalue weighted by Gasteiger charge is -2.20. The molecule has 7 heteroatoms. The number of halogens is 1. The van der Waals surface area contributed by atoms with Gasteiger partial charge in [-0.25, -0.2) is 9.18 Å². The van der Waals surface area contributed by atoms with Gasteiger partial charge in [0.25, 0.3) is 5.91 Å². The molecule has 1 saturated heterocycles. The van der Waals surface area contributed by atoms with Crippen LogP contribution in [0.15, 0.2) is 18.2 Å². The lowest BCUT2D eigenvalue weighted by atomic mass is 10.1. The second-order valence-corrected chi connectivity index (χ2v) is 4.79. The van der Waals surface area contributed by atoms with E-state index in [9.17, 15) is 19.1 Å². The van der Waals surface area contributed by atoms with Gasteiger partial charge in [0.1, 0.15) is 17.6 Å². The molecule has 1 atom stereocenters. The fourth-order valence-electron chi connectivity index (χ4n) is 1.69. The number of benzene rings is 1. The van der Waals surface area contributed by atoms with Crippen molar-refractivity contribution < 1.29 is 24.2 Å². The Kier molecular flexibility index (Phi) is 3.42. The van der Waals surface area contributed by atoms with E-state index in [2.05, 4.69) is 0 Å². The van der Waals surface area contributed by atoms with E-state index in [1.807, 2.05) is 0 Å². The van der Waals surface area contributed by atoms with E-state index in [0.29, 0.717) is 5.75 Å². The topological polar surface area (TPSA) is 77.8 Å². The van der Waals surface area contributed by atoms with E-state index in [1.54, 1.807) is 0 Å². The van der Waals surface area contributed by atoms with Crippen molar-refractivity contribution in [3.05, 3.63) is 29.6 Å². The number of nitrogens with zero attached hydrogens (tertiary/aromatic N) is 1. The molecule has 1 aromatic carbocycles. The normalized spacial score (nSPS) is 18.9. The van der Waals surface area contributed by atoms with Crippen LogP contribution in [-0.4, -0.2) is 44.7 Å². The van der Waals surface area contributed by atoms with E-state index in [-0.39, 0.29) is 11.4 Å². The van der Waals surface area contributed by atoms with Gasteiger partial charge in [-0.05, 0) is 12.1 Å². The number of carboxylic acid groups (broad SMARTS) is 1. The van der Waals surface area contributed by atoms with Gasteiger partial charge < -0.3 is 15.1 Å². The number of carbonyl (C=O) groups is 2. The van der Waals surface area contributed by atoms with Crippen molar-refractivity contribution in [2.75, 3.05) is 11.6 Å². The zero-order valence-corrected chi connectivity index (χ0v) is 9.98. The number of hydrogen-bond acceptors (Lipinski definition) is 4. The maximum Gasteiger partial charge on any atom is 0.327 e. The van der Waals surface area contributed by atoms with Gasteiger partial charge in [0.2, 0.25) is 0 Å². The fourth-order valence-corrected chi connectivity index (χ4v) is 2.83. The molecular formula is C11H10FNO4S. The molecule has 18 heavy (non-hydrogen) atoms. The van der Waals surface area contributed by atoms with Crippen molar-refractivity contribution in [1.29, 1.82) is 0 Å². The van der Waals surface area contributed by atoms with Gasteiger partial charge in [0.15, 0.2) is 0 Å². The summed E-state index contributed by atoms with van der Waals surface area (Å²) in [5.41, 5.74) is -0.0925. The van der Waals surface area contributed by atoms with Crippen LogP contribution in [0.1, 0.15) is 10.4 Å². The monoisotopic (exact) mass is 271 g/mol. The van der Waals surface area contributed by atoms with Gasteiger partial charge in [-0.2, -0.15) is 0 Å². The summed E-state index contributed by atoms with van der Waals surface area (Å²) in [6.07, 6.45) is 0. The number of aliphatic carboxylic acids is 1. The summed E-state index contributed by atoms with van der Waals surface area (Å²) in [5.74, 6) is -2.29. The summed E-state index contributed by atoms with van der Waals surface area (Å²) in [5, 5.41) is 18.5. The molecule has 0 spiro atoms. The molecule has 1 aliphatic heterocycles. The Labute approximate surface area is 106 Å². The number of rotatable bonds is 2. The summed E-state index contributed by atoms with van der Waals surface area (Å²) in [6, 6.07) is 2.11. The minimum absolute atomic E-state index is 0.0925. The molecule has 1 heterocycles. The van der Waals surface area contributed by atoms with Crippen molar-refractivity contribution in [2.45, 2.75) is 6.04 Å². The lowest BCUT2D eigenvalue weighted by molar-refractivity contribution is -0.140. The Morgan fingerprint density at radius 2 is 2.17 bits per heavy atom. The van der Waals surface area contributed by atoms with E-state index in [0.717, 1.165) is 23.1 Å². The Balaban J connectivity index is 2.28. The number of carboxylic acids is 1. The number of hydrogen-bond donors (Lipinski definition) is 2. The van der Waals surface area contributed by atoms with Crippen LogP contribution >= 0.6 is 11.8 Å². The molecule has 1 aromatic rings. The first-order valence-corrected chi connectivity index (χ1v) is 6.26. The molecule has 96 valence electrons. The standard InChI is InChI=1S/C11H10FNO4S/c12-6-1-2-7(9(14)3-6)10(15)13-5-18-4-8(13)11(16)17/h1-3,8,14H,4-5H2,(H,16,17). The van der Waals surface area contributed by atoms with Crippen LogP contribution < -0.4 is 0 Å². The second-order valence-electron chi connectivity index (χ2n) is 3.79. The highest BCUT2D eigenvalue weighted by Gasteiger charge is 2.35.